The van der Waals surface area contributed by atoms with Crippen LogP contribution in [0.4, 0.5) is 0 Å². The number of ether oxygens (including phenoxy) is 1. The second-order valence-electron chi connectivity index (χ2n) is 5.98. The van der Waals surface area contributed by atoms with Crippen molar-refractivity contribution in [2.75, 3.05) is 19.8 Å². The van der Waals surface area contributed by atoms with Gasteiger partial charge >= 0.3 is 0 Å². The highest BCUT2D eigenvalue weighted by Gasteiger charge is 2.32. The van der Waals surface area contributed by atoms with Gasteiger partial charge < -0.3 is 14.1 Å². The first-order chi connectivity index (χ1) is 12.1. The largest absolute Gasteiger partial charge is 0.464 e. The molecule has 0 N–H and O–H groups in total. The number of furan rings is 1. The van der Waals surface area contributed by atoms with E-state index in [4.69, 9.17) is 9.15 Å². The number of carbonyl (C=O) groups is 1. The van der Waals surface area contributed by atoms with Gasteiger partial charge in [0.1, 0.15) is 28.3 Å². The summed E-state index contributed by atoms with van der Waals surface area (Å²) in [4.78, 5) is 19.3. The molecule has 0 saturated carbocycles. The van der Waals surface area contributed by atoms with Gasteiger partial charge in [-0.25, -0.2) is 4.98 Å². The molecular weight excluding hydrogens is 340 g/mol. The van der Waals surface area contributed by atoms with Gasteiger partial charge in [0.25, 0.3) is 5.91 Å². The molecule has 1 fully saturated rings. The first-order valence-corrected chi connectivity index (χ1v) is 8.89. The van der Waals surface area contributed by atoms with Crippen LogP contribution in [0, 0.1) is 6.92 Å². The van der Waals surface area contributed by atoms with E-state index in [1.54, 1.807) is 21.2 Å². The summed E-state index contributed by atoms with van der Waals surface area (Å²) in [5.41, 5.74) is 1.35. The molecule has 4 rings (SSSR count). The molecule has 1 aliphatic rings. The van der Waals surface area contributed by atoms with Crippen molar-refractivity contribution in [3.05, 3.63) is 47.1 Å². The Labute approximate surface area is 148 Å². The van der Waals surface area contributed by atoms with Gasteiger partial charge in [0.15, 0.2) is 0 Å². The molecule has 7 nitrogen and oxygen atoms in total. The lowest BCUT2D eigenvalue weighted by Crippen LogP contribution is -2.43. The maximum atomic E-state index is 13.0. The Morgan fingerprint density at radius 2 is 2.28 bits per heavy atom. The Morgan fingerprint density at radius 3 is 3.00 bits per heavy atom. The smallest absolute Gasteiger partial charge is 0.274 e. The number of aromatic nitrogens is 3. The molecular formula is C17H18N4O3S. The van der Waals surface area contributed by atoms with Gasteiger partial charge in [-0.15, -0.1) is 11.3 Å². The number of nitrogens with zero attached hydrogens (tertiary/aromatic N) is 4. The van der Waals surface area contributed by atoms with Crippen LogP contribution in [0.15, 0.2) is 34.3 Å². The molecule has 3 aromatic heterocycles. The average Bonchev–Trinajstić information content (AvgIpc) is 3.34. The van der Waals surface area contributed by atoms with E-state index in [-0.39, 0.29) is 11.9 Å². The normalized spacial score (nSPS) is 17.8. The van der Waals surface area contributed by atoms with E-state index in [1.165, 1.54) is 11.3 Å². The second kappa shape index (κ2) is 6.45. The molecule has 0 aromatic carbocycles. The topological polar surface area (TPSA) is 73.4 Å². The Hall–Kier alpha value is -2.45. The third kappa shape index (κ3) is 3.10. The molecule has 1 amide bonds. The van der Waals surface area contributed by atoms with Crippen LogP contribution in [0.25, 0.3) is 10.6 Å². The molecule has 4 heterocycles. The minimum absolute atomic E-state index is 0.103. The highest BCUT2D eigenvalue weighted by Crippen LogP contribution is 2.29. The van der Waals surface area contributed by atoms with Crippen LogP contribution in [-0.4, -0.2) is 45.3 Å². The number of amides is 1. The zero-order valence-corrected chi connectivity index (χ0v) is 14.8. The van der Waals surface area contributed by atoms with E-state index in [0.29, 0.717) is 25.5 Å². The first-order valence-electron chi connectivity index (χ1n) is 8.01. The van der Waals surface area contributed by atoms with E-state index < -0.39 is 0 Å². The molecule has 1 saturated heterocycles. The van der Waals surface area contributed by atoms with Crippen LogP contribution in [0.3, 0.4) is 0 Å². The summed E-state index contributed by atoms with van der Waals surface area (Å²) in [5.74, 6) is 1.46. The van der Waals surface area contributed by atoms with Crippen LogP contribution < -0.4 is 0 Å². The van der Waals surface area contributed by atoms with E-state index in [0.717, 1.165) is 22.1 Å². The standard InChI is InChI=1S/C17H18N4O3S/c1-11-3-4-15(24-11)14-9-23-6-5-21(14)17(22)13-10-25-16(19-13)12-7-18-20(2)8-12/h3-4,7-8,10,14H,5-6,9H2,1-2H3. The zero-order valence-electron chi connectivity index (χ0n) is 14.0. The number of thiazole rings is 1. The molecule has 3 aromatic rings. The quantitative estimate of drug-likeness (QED) is 0.720. The van der Waals surface area contributed by atoms with Gasteiger partial charge in [0.2, 0.25) is 0 Å². The summed E-state index contributed by atoms with van der Waals surface area (Å²) in [7, 11) is 1.85. The van der Waals surface area contributed by atoms with Crippen molar-refractivity contribution < 1.29 is 13.9 Å². The fourth-order valence-corrected chi connectivity index (χ4v) is 3.67. The number of hydrogen-bond donors (Lipinski definition) is 0. The molecule has 0 aliphatic carbocycles. The number of carbonyl (C=O) groups excluding carboxylic acids is 1. The average molecular weight is 358 g/mol. The molecule has 0 spiro atoms. The Balaban J connectivity index is 1.59. The maximum absolute atomic E-state index is 13.0. The number of rotatable bonds is 3. The van der Waals surface area contributed by atoms with Gasteiger partial charge in [-0.2, -0.15) is 5.10 Å². The minimum atomic E-state index is -0.224. The molecule has 1 atom stereocenters. The number of aryl methyl sites for hydroxylation is 2. The number of morpholine rings is 1. The van der Waals surface area contributed by atoms with Crippen molar-refractivity contribution >= 4 is 17.2 Å². The maximum Gasteiger partial charge on any atom is 0.274 e. The van der Waals surface area contributed by atoms with Crippen LogP contribution >= 0.6 is 11.3 Å². The van der Waals surface area contributed by atoms with E-state index in [1.807, 2.05) is 32.3 Å². The summed E-state index contributed by atoms with van der Waals surface area (Å²) < 4.78 is 13.0. The predicted molar refractivity (Wildman–Crippen MR) is 92.4 cm³/mol. The highest BCUT2D eigenvalue weighted by atomic mass is 32.1. The summed E-state index contributed by atoms with van der Waals surface area (Å²) in [6.45, 7) is 3.35. The Kier molecular flexibility index (Phi) is 4.14. The lowest BCUT2D eigenvalue weighted by molar-refractivity contribution is -0.00919. The molecule has 25 heavy (non-hydrogen) atoms. The van der Waals surface area contributed by atoms with E-state index in [9.17, 15) is 4.79 Å². The minimum Gasteiger partial charge on any atom is -0.464 e. The second-order valence-corrected chi connectivity index (χ2v) is 6.84. The highest BCUT2D eigenvalue weighted by molar-refractivity contribution is 7.13. The summed E-state index contributed by atoms with van der Waals surface area (Å²) in [5, 5.41) is 6.73. The van der Waals surface area contributed by atoms with Gasteiger partial charge in [-0.3, -0.25) is 9.48 Å². The van der Waals surface area contributed by atoms with Gasteiger partial charge in [-0.1, -0.05) is 0 Å². The van der Waals surface area contributed by atoms with E-state index >= 15 is 0 Å². The third-order valence-corrected chi connectivity index (χ3v) is 5.05. The lowest BCUT2D eigenvalue weighted by atomic mass is 10.1. The van der Waals surface area contributed by atoms with Crippen molar-refractivity contribution in [1.29, 1.82) is 0 Å². The van der Waals surface area contributed by atoms with Crippen molar-refractivity contribution in [1.82, 2.24) is 19.7 Å². The molecule has 1 aliphatic heterocycles. The van der Waals surface area contributed by atoms with E-state index in [2.05, 4.69) is 10.1 Å². The fraction of sp³-hybridized carbons (Fsp3) is 0.353. The van der Waals surface area contributed by atoms with Crippen molar-refractivity contribution in [2.45, 2.75) is 13.0 Å². The van der Waals surface area contributed by atoms with Gasteiger partial charge in [-0.05, 0) is 19.1 Å². The van der Waals surface area contributed by atoms with Gasteiger partial charge in [0, 0.05) is 30.7 Å². The van der Waals surface area contributed by atoms with Crippen molar-refractivity contribution in [2.24, 2.45) is 7.05 Å². The van der Waals surface area contributed by atoms with Crippen molar-refractivity contribution in [3.8, 4) is 10.6 Å². The molecule has 130 valence electrons. The SMILES string of the molecule is Cc1ccc(C2COCCN2C(=O)c2csc(-c3cnn(C)c3)n2)o1. The Morgan fingerprint density at radius 1 is 1.40 bits per heavy atom. The van der Waals surface area contributed by atoms with Crippen LogP contribution in [0.1, 0.15) is 28.1 Å². The zero-order chi connectivity index (χ0) is 17.4. The van der Waals surface area contributed by atoms with Gasteiger partial charge in [0.05, 0.1) is 19.4 Å². The molecule has 8 heteroatoms. The third-order valence-electron chi connectivity index (χ3n) is 4.15. The summed E-state index contributed by atoms with van der Waals surface area (Å²) >= 11 is 1.44. The van der Waals surface area contributed by atoms with Crippen LogP contribution in [-0.2, 0) is 11.8 Å². The Bertz CT molecular complexity index is 897. The predicted octanol–water partition coefficient (Wildman–Crippen LogP) is 2.66. The monoisotopic (exact) mass is 358 g/mol. The molecule has 1 unspecified atom stereocenters. The van der Waals surface area contributed by atoms with Crippen LogP contribution in [0.2, 0.25) is 0 Å². The molecule has 0 bridgehead atoms. The van der Waals surface area contributed by atoms with Crippen LogP contribution in [0.5, 0.6) is 0 Å². The fourth-order valence-electron chi connectivity index (χ4n) is 2.90. The lowest BCUT2D eigenvalue weighted by Gasteiger charge is -2.33. The summed E-state index contributed by atoms with van der Waals surface area (Å²) in [6, 6.07) is 3.58. The number of hydrogen-bond acceptors (Lipinski definition) is 6. The summed E-state index contributed by atoms with van der Waals surface area (Å²) in [6.07, 6.45) is 3.63. The first kappa shape index (κ1) is 16.0. The molecule has 0 radical (unpaired) electrons. The van der Waals surface area contributed by atoms with Crippen molar-refractivity contribution in [3.63, 3.8) is 0 Å².